The molecule has 1 heterocycles. The summed E-state index contributed by atoms with van der Waals surface area (Å²) in [6.45, 7) is 0.449. The molecule has 0 saturated carbocycles. The molecule has 0 bridgehead atoms. The average molecular weight is 536 g/mol. The van der Waals surface area contributed by atoms with Gasteiger partial charge in [0.25, 0.3) is 5.91 Å². The minimum Gasteiger partial charge on any atom is -0.494 e. The summed E-state index contributed by atoms with van der Waals surface area (Å²) in [5, 5.41) is 8.89. The highest BCUT2D eigenvalue weighted by Crippen LogP contribution is 2.28. The minimum absolute atomic E-state index is 0.0410. The molecule has 0 radical (unpaired) electrons. The van der Waals surface area contributed by atoms with Crippen LogP contribution >= 0.6 is 0 Å². The molecule has 0 unspecified atom stereocenters. The van der Waals surface area contributed by atoms with E-state index in [1.807, 2.05) is 0 Å². The SMILES string of the molecule is COC(CNNC(=O)[C@]1(CCS(=O)(=O)c2ccccc2)COC(c2ccc(OCCCO)cc2)=N1)OC. The Balaban J connectivity index is 1.79. The largest absolute Gasteiger partial charge is 0.494 e. The highest BCUT2D eigenvalue weighted by molar-refractivity contribution is 7.91. The lowest BCUT2D eigenvalue weighted by Gasteiger charge is -2.24. The van der Waals surface area contributed by atoms with Crippen molar-refractivity contribution in [3.05, 3.63) is 60.2 Å². The van der Waals surface area contributed by atoms with E-state index in [0.717, 1.165) is 0 Å². The molecular formula is C25H33N3O8S. The quantitative estimate of drug-likeness (QED) is 0.173. The van der Waals surface area contributed by atoms with Crippen LogP contribution in [0, 0.1) is 0 Å². The van der Waals surface area contributed by atoms with Gasteiger partial charge in [0.05, 0.1) is 23.8 Å². The predicted octanol–water partition coefficient (Wildman–Crippen LogP) is 1.07. The second-order valence-electron chi connectivity index (χ2n) is 8.31. The van der Waals surface area contributed by atoms with Gasteiger partial charge in [-0.2, -0.15) is 0 Å². The Kier molecular flexibility index (Phi) is 10.4. The summed E-state index contributed by atoms with van der Waals surface area (Å²) in [7, 11) is -0.719. The fraction of sp³-hybridized carbons (Fsp3) is 0.440. The molecule has 2 aromatic rings. The van der Waals surface area contributed by atoms with Crippen LogP contribution in [0.25, 0.3) is 0 Å². The lowest BCUT2D eigenvalue weighted by molar-refractivity contribution is -0.129. The topological polar surface area (TPSA) is 145 Å². The maximum atomic E-state index is 13.3. The number of aliphatic hydroxyl groups is 1. The van der Waals surface area contributed by atoms with E-state index >= 15 is 0 Å². The third-order valence-corrected chi connectivity index (χ3v) is 7.47. The molecule has 0 aliphatic carbocycles. The molecule has 0 saturated heterocycles. The zero-order chi connectivity index (χ0) is 26.7. The van der Waals surface area contributed by atoms with Crippen LogP contribution in [-0.2, 0) is 28.8 Å². The fourth-order valence-electron chi connectivity index (χ4n) is 3.54. The zero-order valence-corrected chi connectivity index (χ0v) is 21.7. The summed E-state index contributed by atoms with van der Waals surface area (Å²) in [6.07, 6.45) is -0.168. The molecule has 3 N–H and O–H groups in total. The number of carbonyl (C=O) groups is 1. The summed E-state index contributed by atoms with van der Waals surface area (Å²) in [6, 6.07) is 15.0. The number of hydrogen-bond donors (Lipinski definition) is 3. The number of sulfone groups is 1. The summed E-state index contributed by atoms with van der Waals surface area (Å²) in [5.41, 5.74) is 4.46. The van der Waals surface area contributed by atoms with Crippen molar-refractivity contribution in [3.63, 3.8) is 0 Å². The number of nitrogens with one attached hydrogen (secondary N) is 2. The number of ether oxygens (including phenoxy) is 4. The number of benzene rings is 2. The molecule has 2 aromatic carbocycles. The molecule has 11 nitrogen and oxygen atoms in total. The lowest BCUT2D eigenvalue weighted by Crippen LogP contribution is -2.53. The third kappa shape index (κ3) is 7.73. The molecule has 0 fully saturated rings. The van der Waals surface area contributed by atoms with E-state index in [1.54, 1.807) is 42.5 Å². The molecule has 3 rings (SSSR count). The van der Waals surface area contributed by atoms with Crippen molar-refractivity contribution in [1.29, 1.82) is 0 Å². The molecule has 1 atom stereocenters. The number of hydrazine groups is 1. The zero-order valence-electron chi connectivity index (χ0n) is 20.9. The van der Waals surface area contributed by atoms with Crippen LogP contribution in [0.4, 0.5) is 0 Å². The van der Waals surface area contributed by atoms with Crippen molar-refractivity contribution in [3.8, 4) is 5.75 Å². The molecule has 0 spiro atoms. The third-order valence-electron chi connectivity index (χ3n) is 5.74. The van der Waals surface area contributed by atoms with Crippen LogP contribution in [0.2, 0.25) is 0 Å². The van der Waals surface area contributed by atoms with Crippen molar-refractivity contribution in [2.45, 2.75) is 29.6 Å². The van der Waals surface area contributed by atoms with Gasteiger partial charge in [0.15, 0.2) is 21.7 Å². The van der Waals surface area contributed by atoms with Gasteiger partial charge in [0, 0.05) is 32.8 Å². The van der Waals surface area contributed by atoms with E-state index in [4.69, 9.17) is 24.1 Å². The Morgan fingerprint density at radius 2 is 1.84 bits per heavy atom. The summed E-state index contributed by atoms with van der Waals surface area (Å²) >= 11 is 0. The first-order valence-corrected chi connectivity index (χ1v) is 13.4. The first kappa shape index (κ1) is 28.5. The number of hydrogen-bond acceptors (Lipinski definition) is 10. The maximum absolute atomic E-state index is 13.3. The summed E-state index contributed by atoms with van der Waals surface area (Å²) in [4.78, 5) is 18.0. The highest BCUT2D eigenvalue weighted by Gasteiger charge is 2.45. The van der Waals surface area contributed by atoms with Crippen molar-refractivity contribution in [1.82, 2.24) is 10.9 Å². The van der Waals surface area contributed by atoms with Crippen LogP contribution in [0.5, 0.6) is 5.75 Å². The van der Waals surface area contributed by atoms with E-state index in [-0.39, 0.29) is 42.7 Å². The van der Waals surface area contributed by atoms with Gasteiger partial charge in [-0.15, -0.1) is 0 Å². The summed E-state index contributed by atoms with van der Waals surface area (Å²) < 4.78 is 47.4. The van der Waals surface area contributed by atoms with Gasteiger partial charge in [-0.25, -0.2) is 18.8 Å². The molecule has 1 aliphatic heterocycles. The van der Waals surface area contributed by atoms with E-state index in [1.165, 1.54) is 26.4 Å². The maximum Gasteiger partial charge on any atom is 0.265 e. The molecular weight excluding hydrogens is 502 g/mol. The van der Waals surface area contributed by atoms with Crippen LogP contribution < -0.4 is 15.6 Å². The smallest absolute Gasteiger partial charge is 0.265 e. The first-order valence-electron chi connectivity index (χ1n) is 11.8. The van der Waals surface area contributed by atoms with Crippen LogP contribution in [0.1, 0.15) is 18.4 Å². The number of aliphatic imine (C=N–C) groups is 1. The fourth-order valence-corrected chi connectivity index (χ4v) is 4.96. The number of nitrogens with zero attached hydrogens (tertiary/aromatic N) is 1. The van der Waals surface area contributed by atoms with E-state index in [2.05, 4.69) is 15.8 Å². The van der Waals surface area contributed by atoms with Crippen LogP contribution in [0.3, 0.4) is 0 Å². The number of aliphatic hydroxyl groups excluding tert-OH is 1. The molecule has 12 heteroatoms. The average Bonchev–Trinajstić information content (AvgIpc) is 3.37. The second kappa shape index (κ2) is 13.5. The minimum atomic E-state index is -3.66. The molecule has 0 aromatic heterocycles. The van der Waals surface area contributed by atoms with Gasteiger partial charge in [-0.05, 0) is 42.8 Å². The normalized spacial score (nSPS) is 17.4. The number of methoxy groups -OCH3 is 2. The van der Waals surface area contributed by atoms with E-state index in [9.17, 15) is 13.2 Å². The van der Waals surface area contributed by atoms with E-state index in [0.29, 0.717) is 24.3 Å². The van der Waals surface area contributed by atoms with Crippen molar-refractivity contribution in [2.75, 3.05) is 46.3 Å². The Labute approximate surface area is 216 Å². The van der Waals surface area contributed by atoms with Gasteiger partial charge in [0.1, 0.15) is 12.4 Å². The van der Waals surface area contributed by atoms with Crippen LogP contribution in [0.15, 0.2) is 64.5 Å². The Hall–Kier alpha value is -3.03. The van der Waals surface area contributed by atoms with Gasteiger partial charge >= 0.3 is 0 Å². The monoisotopic (exact) mass is 535 g/mol. The number of amides is 1. The van der Waals surface area contributed by atoms with Crippen molar-refractivity contribution in [2.24, 2.45) is 4.99 Å². The number of rotatable bonds is 15. The summed E-state index contributed by atoms with van der Waals surface area (Å²) in [5.74, 6) is -0.00801. The Morgan fingerprint density at radius 1 is 1.14 bits per heavy atom. The van der Waals surface area contributed by atoms with Gasteiger partial charge < -0.3 is 24.1 Å². The molecule has 37 heavy (non-hydrogen) atoms. The van der Waals surface area contributed by atoms with Gasteiger partial charge in [-0.3, -0.25) is 10.2 Å². The Morgan fingerprint density at radius 3 is 2.49 bits per heavy atom. The van der Waals surface area contributed by atoms with E-state index < -0.39 is 27.6 Å². The van der Waals surface area contributed by atoms with Gasteiger partial charge in [0.2, 0.25) is 5.90 Å². The molecule has 202 valence electrons. The number of carbonyl (C=O) groups excluding carboxylic acids is 1. The van der Waals surface area contributed by atoms with Crippen molar-refractivity contribution >= 4 is 21.6 Å². The van der Waals surface area contributed by atoms with Gasteiger partial charge in [-0.1, -0.05) is 18.2 Å². The standard InChI is InChI=1S/C25H33N3O8S/c1-33-22(34-2)17-26-28-24(30)25(13-16-37(31,32)21-7-4-3-5-8-21)18-36-23(27-25)19-9-11-20(12-10-19)35-15-6-14-29/h3-5,7-12,22,26,29H,6,13-18H2,1-2H3,(H,28,30)/t25-/m0/s1. The predicted molar refractivity (Wildman–Crippen MR) is 136 cm³/mol. The first-order chi connectivity index (χ1) is 17.8. The van der Waals surface area contributed by atoms with Crippen LogP contribution in [-0.4, -0.2) is 83.5 Å². The Bertz CT molecular complexity index is 1140. The van der Waals surface area contributed by atoms with Crippen molar-refractivity contribution < 1.29 is 37.3 Å². The lowest BCUT2D eigenvalue weighted by atomic mass is 9.98. The highest BCUT2D eigenvalue weighted by atomic mass is 32.2. The molecule has 1 aliphatic rings. The molecule has 1 amide bonds. The second-order valence-corrected chi connectivity index (χ2v) is 10.4.